The molecule has 0 aliphatic rings. The molecule has 0 aliphatic carbocycles. The van der Waals surface area contributed by atoms with Crippen molar-refractivity contribution >= 4 is 11.7 Å². The maximum absolute atomic E-state index is 10.8. The van der Waals surface area contributed by atoms with Gasteiger partial charge >= 0.3 is 5.97 Å². The molecule has 0 atom stereocenters. The van der Waals surface area contributed by atoms with Gasteiger partial charge < -0.3 is 10.1 Å². The Morgan fingerprint density at radius 3 is 2.92 bits per heavy atom. The molecular weight excluding hydrogens is 166 g/mol. The van der Waals surface area contributed by atoms with Gasteiger partial charge in [-0.2, -0.15) is 0 Å². The summed E-state index contributed by atoms with van der Waals surface area (Å²) >= 11 is 0. The highest BCUT2D eigenvalue weighted by Gasteiger charge is 1.98. The highest BCUT2D eigenvalue weighted by Crippen LogP contribution is 2.08. The van der Waals surface area contributed by atoms with Crippen LogP contribution >= 0.6 is 0 Å². The van der Waals surface area contributed by atoms with Crippen LogP contribution in [0.4, 0.5) is 5.69 Å². The number of ether oxygens (including phenoxy) is 1. The van der Waals surface area contributed by atoms with Crippen molar-refractivity contribution in [2.75, 3.05) is 19.0 Å². The van der Waals surface area contributed by atoms with E-state index < -0.39 is 0 Å². The van der Waals surface area contributed by atoms with E-state index in [1.165, 1.54) is 7.11 Å². The molecule has 0 spiro atoms. The van der Waals surface area contributed by atoms with E-state index in [2.05, 4.69) is 10.1 Å². The molecule has 0 saturated carbocycles. The second kappa shape index (κ2) is 4.50. The van der Waals surface area contributed by atoms with Crippen LogP contribution in [0.1, 0.15) is 5.56 Å². The standard InChI is InChI=1S/C10H13NO2/c1-8-4-3-5-9(6-8)11-7-10(12)13-2/h3-6,11H,7H2,1-2H3. The minimum atomic E-state index is -0.262. The van der Waals surface area contributed by atoms with E-state index in [4.69, 9.17) is 0 Å². The molecule has 0 amide bonds. The molecule has 3 nitrogen and oxygen atoms in total. The van der Waals surface area contributed by atoms with Crippen LogP contribution in [0.25, 0.3) is 0 Å². The predicted molar refractivity (Wildman–Crippen MR) is 51.7 cm³/mol. The van der Waals surface area contributed by atoms with Crippen LogP contribution in [0.3, 0.4) is 0 Å². The van der Waals surface area contributed by atoms with E-state index >= 15 is 0 Å². The molecule has 0 aromatic heterocycles. The topological polar surface area (TPSA) is 38.3 Å². The number of hydrogen-bond donors (Lipinski definition) is 1. The Kier molecular flexibility index (Phi) is 3.31. The maximum atomic E-state index is 10.8. The zero-order chi connectivity index (χ0) is 9.68. The summed E-state index contributed by atoms with van der Waals surface area (Å²) in [4.78, 5) is 10.8. The highest BCUT2D eigenvalue weighted by atomic mass is 16.5. The minimum absolute atomic E-state index is 0.208. The average molecular weight is 179 g/mol. The van der Waals surface area contributed by atoms with Crippen molar-refractivity contribution < 1.29 is 9.53 Å². The quantitative estimate of drug-likeness (QED) is 0.716. The third-order valence-corrected chi connectivity index (χ3v) is 1.68. The summed E-state index contributed by atoms with van der Waals surface area (Å²) in [6.07, 6.45) is 0. The van der Waals surface area contributed by atoms with Gasteiger partial charge in [0, 0.05) is 5.69 Å². The predicted octanol–water partition coefficient (Wildman–Crippen LogP) is 1.58. The molecule has 0 bridgehead atoms. The van der Waals surface area contributed by atoms with Crippen molar-refractivity contribution in [3.05, 3.63) is 29.8 Å². The van der Waals surface area contributed by atoms with E-state index in [0.29, 0.717) is 0 Å². The summed E-state index contributed by atoms with van der Waals surface area (Å²) in [5, 5.41) is 2.96. The second-order valence-electron chi connectivity index (χ2n) is 2.80. The smallest absolute Gasteiger partial charge is 0.325 e. The maximum Gasteiger partial charge on any atom is 0.325 e. The summed E-state index contributed by atoms with van der Waals surface area (Å²) in [6, 6.07) is 7.83. The van der Waals surface area contributed by atoms with Gasteiger partial charge in [0.15, 0.2) is 0 Å². The molecule has 0 saturated heterocycles. The van der Waals surface area contributed by atoms with E-state index in [1.807, 2.05) is 31.2 Å². The third-order valence-electron chi connectivity index (χ3n) is 1.68. The van der Waals surface area contributed by atoms with Gasteiger partial charge in [-0.3, -0.25) is 4.79 Å². The van der Waals surface area contributed by atoms with Gasteiger partial charge in [0.2, 0.25) is 0 Å². The first-order valence-corrected chi connectivity index (χ1v) is 4.09. The Morgan fingerprint density at radius 2 is 2.31 bits per heavy atom. The Hall–Kier alpha value is -1.51. The molecule has 1 aromatic carbocycles. The molecular formula is C10H13NO2. The first-order chi connectivity index (χ1) is 6.22. The van der Waals surface area contributed by atoms with Gasteiger partial charge in [-0.25, -0.2) is 0 Å². The average Bonchev–Trinajstić information content (AvgIpc) is 2.14. The fourth-order valence-electron chi connectivity index (χ4n) is 1.00. The lowest BCUT2D eigenvalue weighted by Crippen LogP contribution is -2.14. The molecule has 70 valence electrons. The van der Waals surface area contributed by atoms with Gasteiger partial charge in [-0.1, -0.05) is 12.1 Å². The summed E-state index contributed by atoms with van der Waals surface area (Å²) in [5.41, 5.74) is 2.10. The monoisotopic (exact) mass is 179 g/mol. The van der Waals surface area contributed by atoms with Crippen LogP contribution in [0.2, 0.25) is 0 Å². The number of aryl methyl sites for hydroxylation is 1. The van der Waals surface area contributed by atoms with Gasteiger partial charge in [-0.05, 0) is 24.6 Å². The van der Waals surface area contributed by atoms with Crippen molar-refractivity contribution in [2.24, 2.45) is 0 Å². The second-order valence-corrected chi connectivity index (χ2v) is 2.80. The van der Waals surface area contributed by atoms with Crippen molar-refractivity contribution in [1.29, 1.82) is 0 Å². The van der Waals surface area contributed by atoms with Crippen LogP contribution in [0.5, 0.6) is 0 Å². The molecule has 0 heterocycles. The summed E-state index contributed by atoms with van der Waals surface area (Å²) in [6.45, 7) is 2.21. The van der Waals surface area contributed by atoms with Crippen LogP contribution in [0, 0.1) is 6.92 Å². The SMILES string of the molecule is COC(=O)CNc1cccc(C)c1. The van der Waals surface area contributed by atoms with Crippen LogP contribution in [-0.2, 0) is 9.53 Å². The number of benzene rings is 1. The molecule has 1 rings (SSSR count). The molecule has 0 aliphatic heterocycles. The zero-order valence-corrected chi connectivity index (χ0v) is 7.83. The molecule has 13 heavy (non-hydrogen) atoms. The first kappa shape index (κ1) is 9.58. The summed E-state index contributed by atoms with van der Waals surface area (Å²) in [7, 11) is 1.38. The largest absolute Gasteiger partial charge is 0.468 e. The molecule has 0 unspecified atom stereocenters. The fourth-order valence-corrected chi connectivity index (χ4v) is 1.00. The van der Waals surface area contributed by atoms with Crippen molar-refractivity contribution in [3.63, 3.8) is 0 Å². The number of nitrogens with one attached hydrogen (secondary N) is 1. The van der Waals surface area contributed by atoms with Crippen LogP contribution in [-0.4, -0.2) is 19.6 Å². The van der Waals surface area contributed by atoms with Crippen molar-refractivity contribution in [3.8, 4) is 0 Å². The lowest BCUT2D eigenvalue weighted by atomic mass is 10.2. The zero-order valence-electron chi connectivity index (χ0n) is 7.83. The van der Waals surface area contributed by atoms with Gasteiger partial charge in [0.25, 0.3) is 0 Å². The van der Waals surface area contributed by atoms with E-state index in [9.17, 15) is 4.79 Å². The number of carbonyl (C=O) groups excluding carboxylic acids is 1. The number of anilines is 1. The lowest BCUT2D eigenvalue weighted by molar-refractivity contribution is -0.138. The van der Waals surface area contributed by atoms with Gasteiger partial charge in [-0.15, -0.1) is 0 Å². The number of hydrogen-bond acceptors (Lipinski definition) is 3. The van der Waals surface area contributed by atoms with Gasteiger partial charge in [0.1, 0.15) is 6.54 Å². The lowest BCUT2D eigenvalue weighted by Gasteiger charge is -2.04. The summed E-state index contributed by atoms with van der Waals surface area (Å²) < 4.78 is 4.50. The molecule has 0 radical (unpaired) electrons. The molecule has 1 N–H and O–H groups in total. The number of esters is 1. The van der Waals surface area contributed by atoms with Crippen LogP contribution in [0.15, 0.2) is 24.3 Å². The van der Waals surface area contributed by atoms with Crippen LogP contribution < -0.4 is 5.32 Å². The summed E-state index contributed by atoms with van der Waals surface area (Å²) in [5.74, 6) is -0.262. The minimum Gasteiger partial charge on any atom is -0.468 e. The Morgan fingerprint density at radius 1 is 1.54 bits per heavy atom. The van der Waals surface area contributed by atoms with Crippen molar-refractivity contribution in [2.45, 2.75) is 6.92 Å². The van der Waals surface area contributed by atoms with E-state index in [0.717, 1.165) is 11.3 Å². The number of methoxy groups -OCH3 is 1. The fraction of sp³-hybridized carbons (Fsp3) is 0.300. The van der Waals surface area contributed by atoms with E-state index in [-0.39, 0.29) is 12.5 Å². The first-order valence-electron chi connectivity index (χ1n) is 4.09. The Labute approximate surface area is 77.7 Å². The third kappa shape index (κ3) is 3.15. The Balaban J connectivity index is 2.50. The number of rotatable bonds is 3. The normalized spacial score (nSPS) is 9.38. The number of carbonyl (C=O) groups is 1. The van der Waals surface area contributed by atoms with E-state index in [1.54, 1.807) is 0 Å². The van der Waals surface area contributed by atoms with Gasteiger partial charge in [0.05, 0.1) is 7.11 Å². The molecule has 1 aromatic rings. The molecule has 3 heteroatoms. The molecule has 0 fully saturated rings. The van der Waals surface area contributed by atoms with Crippen molar-refractivity contribution in [1.82, 2.24) is 0 Å². The Bertz CT molecular complexity index is 297. The highest BCUT2D eigenvalue weighted by molar-refractivity contribution is 5.74.